The average molecular weight is 600 g/mol. The van der Waals surface area contributed by atoms with Crippen molar-refractivity contribution in [2.75, 3.05) is 15.9 Å². The Labute approximate surface area is 235 Å². The second-order valence-corrected chi connectivity index (χ2v) is 12.3. The van der Waals surface area contributed by atoms with Crippen LogP contribution in [0.3, 0.4) is 0 Å². The number of anilines is 3. The van der Waals surface area contributed by atoms with E-state index in [-0.39, 0.29) is 33.2 Å². The molecule has 0 saturated carbocycles. The number of sulfonamides is 2. The lowest BCUT2D eigenvalue weighted by Crippen LogP contribution is -2.26. The van der Waals surface area contributed by atoms with E-state index in [0.717, 1.165) is 10.6 Å². The van der Waals surface area contributed by atoms with Gasteiger partial charge in [0.25, 0.3) is 11.8 Å². The number of nitrogens with one attached hydrogen (secondary N) is 1. The van der Waals surface area contributed by atoms with Crippen molar-refractivity contribution < 1.29 is 26.4 Å². The molecule has 0 aliphatic rings. The average Bonchev–Trinajstić information content (AvgIpc) is 2.89. The minimum atomic E-state index is -3.99. The molecular weight excluding hydrogens is 578 g/mol. The summed E-state index contributed by atoms with van der Waals surface area (Å²) >= 11 is 5.88. The first-order valence-corrected chi connectivity index (χ1v) is 15.1. The van der Waals surface area contributed by atoms with E-state index in [9.17, 15) is 26.4 Å². The van der Waals surface area contributed by atoms with E-state index in [0.29, 0.717) is 16.1 Å². The fourth-order valence-corrected chi connectivity index (χ4v) is 5.72. The predicted molar refractivity (Wildman–Crippen MR) is 152 cm³/mol. The third kappa shape index (κ3) is 6.29. The van der Waals surface area contributed by atoms with Gasteiger partial charge >= 0.3 is 0 Å². The zero-order chi connectivity index (χ0) is 29.2. The first-order chi connectivity index (χ1) is 18.8. The number of aromatic nitrogens is 1. The first-order valence-electron chi connectivity index (χ1n) is 11.3. The summed E-state index contributed by atoms with van der Waals surface area (Å²) < 4.78 is 50.1. The maximum Gasteiger partial charge on any atom is 0.255 e. The number of primary sulfonamides is 1. The molecule has 206 valence electrons. The highest BCUT2D eigenvalue weighted by atomic mass is 35.5. The number of carbonyl (C=O) groups excluding carboxylic acids is 2. The highest BCUT2D eigenvalue weighted by molar-refractivity contribution is 7.92. The molecule has 1 heterocycles. The van der Waals surface area contributed by atoms with Crippen LogP contribution in [0, 0.1) is 0 Å². The summed E-state index contributed by atoms with van der Waals surface area (Å²) in [4.78, 5) is 29.2. The molecule has 5 N–H and O–H groups in total. The number of halogens is 1. The number of nitrogens with zero attached hydrogens (tertiary/aromatic N) is 2. The lowest BCUT2D eigenvalue weighted by atomic mass is 10.0. The van der Waals surface area contributed by atoms with Gasteiger partial charge in [0.05, 0.1) is 33.1 Å². The number of amides is 2. The molecule has 0 radical (unpaired) electrons. The zero-order valence-corrected chi connectivity index (χ0v) is 23.2. The molecule has 3 aromatic carbocycles. The summed E-state index contributed by atoms with van der Waals surface area (Å²) in [7, 11) is -7.90. The summed E-state index contributed by atoms with van der Waals surface area (Å²) in [5, 5.41) is 8.21. The summed E-state index contributed by atoms with van der Waals surface area (Å²) in [5.74, 6) is -1.46. The molecule has 0 saturated heterocycles. The molecular formula is C26H22ClN5O6S2. The largest absolute Gasteiger partial charge is 0.366 e. The van der Waals surface area contributed by atoms with Crippen molar-refractivity contribution in [3.05, 3.63) is 101 Å². The van der Waals surface area contributed by atoms with E-state index in [4.69, 9.17) is 22.5 Å². The van der Waals surface area contributed by atoms with E-state index in [1.165, 1.54) is 54.7 Å². The van der Waals surface area contributed by atoms with Crippen LogP contribution in [0.25, 0.3) is 11.1 Å². The van der Waals surface area contributed by atoms with E-state index < -0.39 is 31.9 Å². The van der Waals surface area contributed by atoms with Crippen molar-refractivity contribution >= 4 is 60.7 Å². The van der Waals surface area contributed by atoms with Gasteiger partial charge < -0.3 is 11.1 Å². The van der Waals surface area contributed by atoms with E-state index in [1.807, 2.05) is 0 Å². The Morgan fingerprint density at radius 3 is 2.17 bits per heavy atom. The molecule has 0 spiro atoms. The van der Waals surface area contributed by atoms with Crippen LogP contribution >= 0.6 is 11.6 Å². The summed E-state index contributed by atoms with van der Waals surface area (Å²) in [6.07, 6.45) is 2.25. The van der Waals surface area contributed by atoms with Gasteiger partial charge in [0, 0.05) is 17.3 Å². The van der Waals surface area contributed by atoms with Crippen LogP contribution in [0.1, 0.15) is 20.7 Å². The Morgan fingerprint density at radius 2 is 1.60 bits per heavy atom. The van der Waals surface area contributed by atoms with E-state index in [2.05, 4.69) is 10.3 Å². The Kier molecular flexibility index (Phi) is 7.93. The van der Waals surface area contributed by atoms with Crippen LogP contribution in [0.4, 0.5) is 17.2 Å². The molecule has 2 amide bonds. The van der Waals surface area contributed by atoms with Gasteiger partial charge in [0.2, 0.25) is 20.0 Å². The van der Waals surface area contributed by atoms with Crippen LogP contribution in [0.2, 0.25) is 5.02 Å². The van der Waals surface area contributed by atoms with Crippen LogP contribution in [-0.2, 0) is 20.0 Å². The number of rotatable bonds is 8. The molecule has 14 heteroatoms. The second-order valence-electron chi connectivity index (χ2n) is 8.53. The quantitative estimate of drug-likeness (QED) is 0.277. The number of benzene rings is 3. The van der Waals surface area contributed by atoms with Crippen LogP contribution < -0.4 is 20.5 Å². The van der Waals surface area contributed by atoms with Gasteiger partial charge in [-0.2, -0.15) is 0 Å². The first kappa shape index (κ1) is 28.7. The Bertz CT molecular complexity index is 1830. The SMILES string of the molecule is CS(=O)(=O)N(c1ccc(C(N)=O)c(NC(=O)c2ccc(-c3ccccc3S(N)(=O)=O)cc2)c1)c1ccc(Cl)cn1. The molecule has 40 heavy (non-hydrogen) atoms. The number of nitrogens with two attached hydrogens (primary N) is 2. The number of pyridine rings is 1. The minimum Gasteiger partial charge on any atom is -0.366 e. The standard InChI is InChI=1S/C26H22ClN5O6S2/c1-39(35,36)32(24-13-10-18(27)15-30-24)19-11-12-21(25(28)33)22(14-19)31-26(34)17-8-6-16(7-9-17)20-4-2-3-5-23(20)40(29,37)38/h2-15H,1H3,(H2,28,33)(H,31,34)(H2,29,37,38). The highest BCUT2D eigenvalue weighted by Gasteiger charge is 2.24. The predicted octanol–water partition coefficient (Wildman–Crippen LogP) is 3.50. The van der Waals surface area contributed by atoms with Gasteiger partial charge in [-0.25, -0.2) is 31.3 Å². The van der Waals surface area contributed by atoms with Crippen LogP contribution in [-0.4, -0.2) is 39.9 Å². The Balaban J connectivity index is 1.69. The second kappa shape index (κ2) is 11.1. The molecule has 0 fully saturated rings. The van der Waals surface area contributed by atoms with Crippen molar-refractivity contribution in [3.63, 3.8) is 0 Å². The highest BCUT2D eigenvalue weighted by Crippen LogP contribution is 2.32. The van der Waals surface area contributed by atoms with Crippen molar-refractivity contribution in [2.24, 2.45) is 10.9 Å². The van der Waals surface area contributed by atoms with Gasteiger partial charge in [0.1, 0.15) is 5.82 Å². The van der Waals surface area contributed by atoms with E-state index in [1.54, 1.807) is 30.3 Å². The smallest absolute Gasteiger partial charge is 0.255 e. The van der Waals surface area contributed by atoms with Crippen molar-refractivity contribution in [2.45, 2.75) is 4.90 Å². The maximum atomic E-state index is 13.1. The van der Waals surface area contributed by atoms with Crippen molar-refractivity contribution in [3.8, 4) is 11.1 Å². The number of carbonyl (C=O) groups is 2. The van der Waals surface area contributed by atoms with Crippen LogP contribution in [0.5, 0.6) is 0 Å². The molecule has 0 atom stereocenters. The van der Waals surface area contributed by atoms with Crippen molar-refractivity contribution in [1.29, 1.82) is 0 Å². The normalized spacial score (nSPS) is 11.6. The molecule has 0 bridgehead atoms. The third-order valence-corrected chi connectivity index (χ3v) is 7.91. The molecule has 0 aliphatic carbocycles. The maximum absolute atomic E-state index is 13.1. The van der Waals surface area contributed by atoms with Crippen LogP contribution in [0.15, 0.2) is 90.0 Å². The molecule has 11 nitrogen and oxygen atoms in total. The number of hydrogen-bond acceptors (Lipinski definition) is 7. The summed E-state index contributed by atoms with van der Waals surface area (Å²) in [6.45, 7) is 0. The van der Waals surface area contributed by atoms with Gasteiger partial charge in [0.15, 0.2) is 0 Å². The Hall–Kier alpha value is -4.30. The third-order valence-electron chi connectivity index (χ3n) is 5.65. The van der Waals surface area contributed by atoms with Gasteiger partial charge in [-0.15, -0.1) is 0 Å². The minimum absolute atomic E-state index is 0.0337. The lowest BCUT2D eigenvalue weighted by Gasteiger charge is -2.22. The topological polar surface area (TPSA) is 183 Å². The van der Waals surface area contributed by atoms with Gasteiger partial charge in [-0.3, -0.25) is 9.59 Å². The summed E-state index contributed by atoms with van der Waals surface area (Å²) in [5.41, 5.74) is 6.49. The molecule has 0 unspecified atom stereocenters. The van der Waals surface area contributed by atoms with E-state index >= 15 is 0 Å². The fraction of sp³-hybridized carbons (Fsp3) is 0.0385. The number of hydrogen-bond donors (Lipinski definition) is 3. The van der Waals surface area contributed by atoms with Gasteiger partial charge in [-0.1, -0.05) is 41.9 Å². The fourth-order valence-electron chi connectivity index (χ4n) is 3.91. The zero-order valence-electron chi connectivity index (χ0n) is 20.8. The molecule has 4 rings (SSSR count). The number of primary amides is 1. The van der Waals surface area contributed by atoms with Gasteiger partial charge in [-0.05, 0) is 54.1 Å². The molecule has 0 aliphatic heterocycles. The Morgan fingerprint density at radius 1 is 0.925 bits per heavy atom. The van der Waals surface area contributed by atoms with Crippen molar-refractivity contribution in [1.82, 2.24) is 4.98 Å². The molecule has 4 aromatic rings. The molecule has 1 aromatic heterocycles. The summed E-state index contributed by atoms with van der Waals surface area (Å²) in [6, 6.07) is 19.0. The lowest BCUT2D eigenvalue weighted by molar-refractivity contribution is 0.100. The monoisotopic (exact) mass is 599 g/mol.